The van der Waals surface area contributed by atoms with Gasteiger partial charge in [0.1, 0.15) is 5.01 Å². The lowest BCUT2D eigenvalue weighted by Gasteiger charge is -2.19. The molecule has 0 unspecified atom stereocenters. The Labute approximate surface area is 127 Å². The fourth-order valence-electron chi connectivity index (χ4n) is 1.49. The smallest absolute Gasteiger partial charge is 0.227 e. The van der Waals surface area contributed by atoms with Crippen LogP contribution in [0.5, 0.6) is 0 Å². The molecule has 0 radical (unpaired) electrons. The number of carbonyl (C=O) groups excluding carboxylic acids is 1. The Balaban J connectivity index is 1.99. The Hall–Kier alpha value is -1.46. The number of nitrogens with zero attached hydrogens (tertiary/aromatic N) is 2. The van der Waals surface area contributed by atoms with Gasteiger partial charge in [-0.1, -0.05) is 0 Å². The summed E-state index contributed by atoms with van der Waals surface area (Å²) in [5.41, 5.74) is 1.31. The topological polar surface area (TPSA) is 54.9 Å². The molecule has 4 nitrogen and oxygen atoms in total. The van der Waals surface area contributed by atoms with Crippen molar-refractivity contribution < 1.29 is 4.79 Å². The highest BCUT2D eigenvalue weighted by atomic mass is 35.5. The number of alkyl halides is 1. The predicted octanol–water partition coefficient (Wildman–Crippen LogP) is 3.09. The number of rotatable bonds is 5. The second kappa shape index (κ2) is 6.33. The Kier molecular flexibility index (Phi) is 4.73. The van der Waals surface area contributed by atoms with E-state index in [0.29, 0.717) is 6.54 Å². The molecule has 0 aromatic carbocycles. The number of hydrogen-bond acceptors (Lipinski definition) is 4. The summed E-state index contributed by atoms with van der Waals surface area (Å²) in [7, 11) is 0. The van der Waals surface area contributed by atoms with Gasteiger partial charge in [-0.15, -0.1) is 22.9 Å². The summed E-state index contributed by atoms with van der Waals surface area (Å²) in [6.07, 6.45) is 3.47. The number of aromatic nitrogens is 2. The maximum Gasteiger partial charge on any atom is 0.227 e. The SMILES string of the molecule is CC(C)(CCl)C(=O)NCc1csc(-c2ccncc2)n1. The van der Waals surface area contributed by atoms with Crippen LogP contribution in [-0.2, 0) is 11.3 Å². The summed E-state index contributed by atoms with van der Waals surface area (Å²) < 4.78 is 0. The van der Waals surface area contributed by atoms with Crippen molar-refractivity contribution in [1.29, 1.82) is 0 Å². The van der Waals surface area contributed by atoms with Gasteiger partial charge < -0.3 is 5.32 Å². The van der Waals surface area contributed by atoms with Crippen LogP contribution in [0.15, 0.2) is 29.9 Å². The minimum absolute atomic E-state index is 0.0639. The van der Waals surface area contributed by atoms with Gasteiger partial charge in [-0.3, -0.25) is 9.78 Å². The number of pyridine rings is 1. The highest BCUT2D eigenvalue weighted by Crippen LogP contribution is 2.23. The number of halogens is 1. The van der Waals surface area contributed by atoms with Crippen LogP contribution in [0.3, 0.4) is 0 Å². The molecule has 0 bridgehead atoms. The quantitative estimate of drug-likeness (QED) is 0.864. The molecule has 6 heteroatoms. The largest absolute Gasteiger partial charge is 0.350 e. The molecule has 0 aliphatic heterocycles. The molecular weight excluding hydrogens is 294 g/mol. The summed E-state index contributed by atoms with van der Waals surface area (Å²) >= 11 is 7.32. The molecule has 1 amide bonds. The van der Waals surface area contributed by atoms with Crippen LogP contribution >= 0.6 is 22.9 Å². The molecule has 1 N–H and O–H groups in total. The van der Waals surface area contributed by atoms with Crippen molar-refractivity contribution in [2.24, 2.45) is 5.41 Å². The molecule has 20 heavy (non-hydrogen) atoms. The standard InChI is InChI=1S/C14H16ClN3OS/c1-14(2,9-15)13(19)17-7-11-8-20-12(18-11)10-3-5-16-6-4-10/h3-6,8H,7,9H2,1-2H3,(H,17,19). The van der Waals surface area contributed by atoms with Gasteiger partial charge in [-0.05, 0) is 26.0 Å². The molecule has 0 aliphatic rings. The van der Waals surface area contributed by atoms with E-state index in [-0.39, 0.29) is 11.8 Å². The van der Waals surface area contributed by atoms with E-state index in [9.17, 15) is 4.79 Å². The highest BCUT2D eigenvalue weighted by molar-refractivity contribution is 7.13. The zero-order valence-electron chi connectivity index (χ0n) is 11.4. The lowest BCUT2D eigenvalue weighted by Crippen LogP contribution is -2.37. The zero-order valence-corrected chi connectivity index (χ0v) is 13.0. The first-order chi connectivity index (χ1) is 9.53. The molecule has 0 fully saturated rings. The monoisotopic (exact) mass is 309 g/mol. The third-order valence-electron chi connectivity index (χ3n) is 2.86. The first-order valence-electron chi connectivity index (χ1n) is 6.22. The van der Waals surface area contributed by atoms with Gasteiger partial charge in [0.15, 0.2) is 0 Å². The molecule has 0 atom stereocenters. The first-order valence-corrected chi connectivity index (χ1v) is 7.63. The van der Waals surface area contributed by atoms with Gasteiger partial charge in [0.25, 0.3) is 0 Å². The van der Waals surface area contributed by atoms with Crippen molar-refractivity contribution in [3.63, 3.8) is 0 Å². The maximum atomic E-state index is 11.9. The third-order valence-corrected chi connectivity index (χ3v) is 4.47. The van der Waals surface area contributed by atoms with Crippen molar-refractivity contribution in [3.8, 4) is 10.6 Å². The summed E-state index contributed by atoms with van der Waals surface area (Å²) in [5.74, 6) is 0.226. The van der Waals surface area contributed by atoms with Gasteiger partial charge in [-0.25, -0.2) is 4.98 Å². The van der Waals surface area contributed by atoms with Gasteiger partial charge in [-0.2, -0.15) is 0 Å². The van der Waals surface area contributed by atoms with E-state index < -0.39 is 5.41 Å². The highest BCUT2D eigenvalue weighted by Gasteiger charge is 2.26. The summed E-state index contributed by atoms with van der Waals surface area (Å²) in [6, 6.07) is 3.83. The Morgan fingerprint density at radius 1 is 1.40 bits per heavy atom. The normalized spacial score (nSPS) is 11.3. The van der Waals surface area contributed by atoms with Crippen LogP contribution in [-0.4, -0.2) is 21.8 Å². The van der Waals surface area contributed by atoms with Crippen LogP contribution in [0.25, 0.3) is 10.6 Å². The lowest BCUT2D eigenvalue weighted by atomic mass is 9.95. The van der Waals surface area contributed by atoms with Crippen molar-refractivity contribution in [2.45, 2.75) is 20.4 Å². The van der Waals surface area contributed by atoms with Gasteiger partial charge in [0.05, 0.1) is 17.7 Å². The third kappa shape index (κ3) is 3.55. The molecule has 0 aliphatic carbocycles. The van der Waals surface area contributed by atoms with E-state index in [1.807, 2.05) is 31.4 Å². The van der Waals surface area contributed by atoms with E-state index in [0.717, 1.165) is 16.3 Å². The van der Waals surface area contributed by atoms with Gasteiger partial charge in [0, 0.05) is 29.2 Å². The maximum absolute atomic E-state index is 11.9. The van der Waals surface area contributed by atoms with Gasteiger partial charge >= 0.3 is 0 Å². The van der Waals surface area contributed by atoms with Crippen LogP contribution in [0.1, 0.15) is 19.5 Å². The van der Waals surface area contributed by atoms with E-state index >= 15 is 0 Å². The minimum atomic E-state index is -0.564. The summed E-state index contributed by atoms with van der Waals surface area (Å²) in [6.45, 7) is 4.05. The minimum Gasteiger partial charge on any atom is -0.350 e. The second-order valence-corrected chi connectivity index (χ2v) is 6.21. The average Bonchev–Trinajstić information content (AvgIpc) is 2.94. The molecule has 0 saturated heterocycles. The molecular formula is C14H16ClN3OS. The zero-order chi connectivity index (χ0) is 14.6. The van der Waals surface area contributed by atoms with Crippen LogP contribution < -0.4 is 5.32 Å². The number of amides is 1. The molecule has 0 spiro atoms. The van der Waals surface area contributed by atoms with Gasteiger partial charge in [0.2, 0.25) is 5.91 Å². The van der Waals surface area contributed by atoms with Crippen LogP contribution in [0.4, 0.5) is 0 Å². The van der Waals surface area contributed by atoms with Crippen molar-refractivity contribution in [1.82, 2.24) is 15.3 Å². The fourth-order valence-corrected chi connectivity index (χ4v) is 2.43. The first kappa shape index (κ1) is 14.9. The van der Waals surface area contributed by atoms with E-state index in [1.54, 1.807) is 23.7 Å². The molecule has 2 aromatic rings. The fraction of sp³-hybridized carbons (Fsp3) is 0.357. The Morgan fingerprint density at radius 2 is 2.10 bits per heavy atom. The summed E-state index contributed by atoms with van der Waals surface area (Å²) in [5, 5.41) is 5.74. The number of carbonyl (C=O) groups is 1. The van der Waals surface area contributed by atoms with Crippen molar-refractivity contribution >= 4 is 28.8 Å². The molecule has 2 heterocycles. The van der Waals surface area contributed by atoms with Crippen LogP contribution in [0.2, 0.25) is 0 Å². The predicted molar refractivity (Wildman–Crippen MR) is 81.7 cm³/mol. The van der Waals surface area contributed by atoms with Crippen molar-refractivity contribution in [3.05, 3.63) is 35.6 Å². The number of hydrogen-bond donors (Lipinski definition) is 1. The van der Waals surface area contributed by atoms with E-state index in [4.69, 9.17) is 11.6 Å². The summed E-state index contributed by atoms with van der Waals surface area (Å²) in [4.78, 5) is 20.4. The Morgan fingerprint density at radius 3 is 2.75 bits per heavy atom. The molecule has 2 rings (SSSR count). The van der Waals surface area contributed by atoms with E-state index in [2.05, 4.69) is 15.3 Å². The number of nitrogens with one attached hydrogen (secondary N) is 1. The van der Waals surface area contributed by atoms with Crippen LogP contribution in [0, 0.1) is 5.41 Å². The van der Waals surface area contributed by atoms with Crippen molar-refractivity contribution in [2.75, 3.05) is 5.88 Å². The van der Waals surface area contributed by atoms with E-state index in [1.165, 1.54) is 0 Å². The lowest BCUT2D eigenvalue weighted by molar-refractivity contribution is -0.128. The molecule has 106 valence electrons. The second-order valence-electron chi connectivity index (χ2n) is 5.08. The number of thiazole rings is 1. The average molecular weight is 310 g/mol. The molecule has 2 aromatic heterocycles. The Bertz CT molecular complexity index is 583. The molecule has 0 saturated carbocycles.